The number of ether oxygens (including phenoxy) is 1. The van der Waals surface area contributed by atoms with Gasteiger partial charge in [-0.05, 0) is 38.8 Å². The summed E-state index contributed by atoms with van der Waals surface area (Å²) in [7, 11) is 0. The molecule has 3 nitrogen and oxygen atoms in total. The van der Waals surface area contributed by atoms with Crippen LogP contribution in [-0.4, -0.2) is 24.7 Å². The minimum absolute atomic E-state index is 0.0673. The first-order chi connectivity index (χ1) is 9.18. The monoisotopic (exact) mass is 261 g/mol. The smallest absolute Gasteiger partial charge is 0.315 e. The van der Waals surface area contributed by atoms with Crippen molar-refractivity contribution in [3.8, 4) is 0 Å². The normalized spacial score (nSPS) is 21.1. The van der Waals surface area contributed by atoms with Crippen LogP contribution in [0.2, 0.25) is 0 Å². The van der Waals surface area contributed by atoms with Crippen molar-refractivity contribution in [2.45, 2.75) is 51.2 Å². The lowest BCUT2D eigenvalue weighted by molar-refractivity contribution is -0.150. The Balaban J connectivity index is 2.19. The van der Waals surface area contributed by atoms with E-state index >= 15 is 0 Å². The molecule has 0 radical (unpaired) electrons. The lowest BCUT2D eigenvalue weighted by atomic mass is 9.86. The van der Waals surface area contributed by atoms with Crippen LogP contribution in [-0.2, 0) is 9.53 Å². The Morgan fingerprint density at radius 2 is 2.00 bits per heavy atom. The van der Waals surface area contributed by atoms with Crippen LogP contribution in [0.3, 0.4) is 0 Å². The first-order valence-electron chi connectivity index (χ1n) is 7.17. The molecule has 0 saturated carbocycles. The van der Waals surface area contributed by atoms with Crippen molar-refractivity contribution in [2.75, 3.05) is 6.54 Å². The Morgan fingerprint density at radius 1 is 1.26 bits per heavy atom. The molecule has 3 heteroatoms. The van der Waals surface area contributed by atoms with Crippen molar-refractivity contribution < 1.29 is 9.53 Å². The number of carbonyl (C=O) groups is 1. The largest absolute Gasteiger partial charge is 0.462 e. The maximum atomic E-state index is 12.4. The molecule has 1 aromatic carbocycles. The van der Waals surface area contributed by atoms with Crippen LogP contribution < -0.4 is 5.32 Å². The van der Waals surface area contributed by atoms with Crippen molar-refractivity contribution in [1.29, 1.82) is 0 Å². The number of carbonyl (C=O) groups excluding carboxylic acids is 1. The Labute approximate surface area is 115 Å². The maximum Gasteiger partial charge on any atom is 0.315 e. The highest BCUT2D eigenvalue weighted by Gasteiger charge is 2.32. The van der Waals surface area contributed by atoms with E-state index in [2.05, 4.69) is 5.32 Å². The molecule has 2 atom stereocenters. The highest BCUT2D eigenvalue weighted by Crippen LogP contribution is 2.27. The molecule has 104 valence electrons. The van der Waals surface area contributed by atoms with E-state index in [1.165, 1.54) is 12.8 Å². The van der Waals surface area contributed by atoms with E-state index in [4.69, 9.17) is 4.74 Å². The fourth-order valence-electron chi connectivity index (χ4n) is 2.66. The third-order valence-electron chi connectivity index (χ3n) is 3.52. The molecule has 1 aromatic rings. The van der Waals surface area contributed by atoms with Gasteiger partial charge in [0.25, 0.3) is 0 Å². The molecule has 19 heavy (non-hydrogen) atoms. The number of nitrogens with one attached hydrogen (secondary N) is 1. The van der Waals surface area contributed by atoms with Gasteiger partial charge in [-0.3, -0.25) is 4.79 Å². The highest BCUT2D eigenvalue weighted by atomic mass is 16.5. The molecule has 2 rings (SSSR count). The third-order valence-corrected chi connectivity index (χ3v) is 3.52. The van der Waals surface area contributed by atoms with Gasteiger partial charge in [0.05, 0.1) is 12.0 Å². The molecule has 1 heterocycles. The molecule has 0 aromatic heterocycles. The molecule has 0 spiro atoms. The topological polar surface area (TPSA) is 38.3 Å². The van der Waals surface area contributed by atoms with E-state index < -0.39 is 0 Å². The van der Waals surface area contributed by atoms with Gasteiger partial charge in [0.1, 0.15) is 0 Å². The number of piperidine rings is 1. The molecule has 0 bridgehead atoms. The van der Waals surface area contributed by atoms with Gasteiger partial charge in [-0.15, -0.1) is 0 Å². The van der Waals surface area contributed by atoms with Crippen LogP contribution in [0.1, 0.15) is 44.6 Å². The van der Waals surface area contributed by atoms with Gasteiger partial charge in [-0.2, -0.15) is 0 Å². The van der Waals surface area contributed by atoms with Gasteiger partial charge in [0, 0.05) is 6.04 Å². The Morgan fingerprint density at radius 3 is 2.58 bits per heavy atom. The maximum absolute atomic E-state index is 12.4. The summed E-state index contributed by atoms with van der Waals surface area (Å²) in [6.07, 6.45) is 3.34. The fourth-order valence-corrected chi connectivity index (χ4v) is 2.66. The zero-order valence-electron chi connectivity index (χ0n) is 11.8. The fraction of sp³-hybridized carbons (Fsp3) is 0.562. The minimum Gasteiger partial charge on any atom is -0.462 e. The molecule has 0 unspecified atom stereocenters. The summed E-state index contributed by atoms with van der Waals surface area (Å²) < 4.78 is 5.44. The second-order valence-electron chi connectivity index (χ2n) is 5.43. The van der Waals surface area contributed by atoms with Crippen LogP contribution in [0.15, 0.2) is 30.3 Å². The minimum atomic E-state index is -0.191. The predicted octanol–water partition coefficient (Wildman–Crippen LogP) is 2.86. The Hall–Kier alpha value is -1.35. The van der Waals surface area contributed by atoms with E-state index in [0.29, 0.717) is 0 Å². The Kier molecular flexibility index (Phi) is 4.97. The second kappa shape index (κ2) is 6.71. The summed E-state index contributed by atoms with van der Waals surface area (Å²) in [6.45, 7) is 4.78. The number of rotatable bonds is 4. The lowest BCUT2D eigenvalue weighted by Gasteiger charge is -2.30. The summed E-state index contributed by atoms with van der Waals surface area (Å²) in [5.74, 6) is -0.301. The zero-order valence-corrected chi connectivity index (χ0v) is 11.8. The number of esters is 1. The van der Waals surface area contributed by atoms with Gasteiger partial charge in [0.2, 0.25) is 0 Å². The zero-order chi connectivity index (χ0) is 13.7. The molecular weight excluding hydrogens is 238 g/mol. The number of hydrogen-bond donors (Lipinski definition) is 1. The van der Waals surface area contributed by atoms with Crippen molar-refractivity contribution in [2.24, 2.45) is 0 Å². The van der Waals surface area contributed by atoms with E-state index in [9.17, 15) is 4.79 Å². The molecule has 1 aliphatic rings. The van der Waals surface area contributed by atoms with Gasteiger partial charge >= 0.3 is 5.97 Å². The molecule has 1 aliphatic heterocycles. The average Bonchev–Trinajstić information content (AvgIpc) is 2.40. The van der Waals surface area contributed by atoms with Gasteiger partial charge in [-0.1, -0.05) is 36.8 Å². The van der Waals surface area contributed by atoms with Crippen molar-refractivity contribution in [3.05, 3.63) is 35.9 Å². The van der Waals surface area contributed by atoms with Gasteiger partial charge in [0.15, 0.2) is 0 Å². The number of hydrogen-bond acceptors (Lipinski definition) is 3. The summed E-state index contributed by atoms with van der Waals surface area (Å²) in [4.78, 5) is 12.4. The van der Waals surface area contributed by atoms with Gasteiger partial charge in [-0.25, -0.2) is 0 Å². The number of benzene rings is 1. The van der Waals surface area contributed by atoms with Crippen LogP contribution >= 0.6 is 0 Å². The van der Waals surface area contributed by atoms with E-state index in [-0.39, 0.29) is 24.0 Å². The van der Waals surface area contributed by atoms with E-state index in [1.807, 2.05) is 44.2 Å². The average molecular weight is 261 g/mol. The lowest BCUT2D eigenvalue weighted by Crippen LogP contribution is -2.42. The molecule has 1 fully saturated rings. The SMILES string of the molecule is CC(C)OC(=O)[C@H](c1ccccc1)[C@H]1CCCCN1. The summed E-state index contributed by atoms with van der Waals surface area (Å²) >= 11 is 0. The van der Waals surface area contributed by atoms with Gasteiger partial charge < -0.3 is 10.1 Å². The first kappa shape index (κ1) is 14.1. The van der Waals surface area contributed by atoms with Crippen molar-refractivity contribution in [3.63, 3.8) is 0 Å². The second-order valence-corrected chi connectivity index (χ2v) is 5.43. The van der Waals surface area contributed by atoms with Crippen LogP contribution in [0, 0.1) is 0 Å². The summed E-state index contributed by atoms with van der Waals surface area (Å²) in [5, 5.41) is 3.47. The predicted molar refractivity (Wildman–Crippen MR) is 76.1 cm³/mol. The van der Waals surface area contributed by atoms with Crippen molar-refractivity contribution in [1.82, 2.24) is 5.32 Å². The quantitative estimate of drug-likeness (QED) is 0.847. The van der Waals surface area contributed by atoms with Crippen molar-refractivity contribution >= 4 is 5.97 Å². The molecule has 1 saturated heterocycles. The highest BCUT2D eigenvalue weighted by molar-refractivity contribution is 5.79. The third kappa shape index (κ3) is 3.80. The van der Waals surface area contributed by atoms with Crippen LogP contribution in [0.4, 0.5) is 0 Å². The molecular formula is C16H23NO2. The standard InChI is InChI=1S/C16H23NO2/c1-12(2)19-16(18)15(13-8-4-3-5-9-13)14-10-6-7-11-17-14/h3-5,8-9,12,14-15,17H,6-7,10-11H2,1-2H3/t14-,15-/m1/s1. The Bertz CT molecular complexity index is 396. The molecule has 0 aliphatic carbocycles. The molecule has 0 amide bonds. The van der Waals surface area contributed by atoms with E-state index in [1.54, 1.807) is 0 Å². The van der Waals surface area contributed by atoms with E-state index in [0.717, 1.165) is 18.5 Å². The van der Waals surface area contributed by atoms with Crippen LogP contribution in [0.5, 0.6) is 0 Å². The summed E-state index contributed by atoms with van der Waals surface area (Å²) in [6, 6.07) is 10.2. The van der Waals surface area contributed by atoms with Crippen LogP contribution in [0.25, 0.3) is 0 Å². The summed E-state index contributed by atoms with van der Waals surface area (Å²) in [5.41, 5.74) is 1.05. The molecule has 1 N–H and O–H groups in total. The first-order valence-corrected chi connectivity index (χ1v) is 7.17.